The van der Waals surface area contributed by atoms with Crippen LogP contribution in [0.25, 0.3) is 0 Å². The molecule has 0 bridgehead atoms. The van der Waals surface area contributed by atoms with Gasteiger partial charge in [0.2, 0.25) is 5.91 Å². The topological polar surface area (TPSA) is 72.5 Å². The second kappa shape index (κ2) is 6.85. The molecule has 1 aromatic carbocycles. The average Bonchev–Trinajstić information content (AvgIpc) is 2.79. The molecule has 114 valence electrons. The molecule has 2 rings (SSSR count). The summed E-state index contributed by atoms with van der Waals surface area (Å²) in [4.78, 5) is 35.0. The van der Waals surface area contributed by atoms with E-state index in [2.05, 4.69) is 5.32 Å². The van der Waals surface area contributed by atoms with E-state index in [9.17, 15) is 14.4 Å². The van der Waals surface area contributed by atoms with Crippen molar-refractivity contribution in [2.45, 2.75) is 19.8 Å². The summed E-state index contributed by atoms with van der Waals surface area (Å²) in [6.07, 6.45) is 6.26. The molecule has 0 unspecified atom stereocenters. The Balaban J connectivity index is 2.00. The Labute approximate surface area is 128 Å². The minimum absolute atomic E-state index is 0.0832. The summed E-state index contributed by atoms with van der Waals surface area (Å²) in [5.41, 5.74) is 1.93. The molecule has 1 atom stereocenters. The van der Waals surface area contributed by atoms with Gasteiger partial charge in [0.15, 0.2) is 12.4 Å². The highest BCUT2D eigenvalue weighted by Crippen LogP contribution is 2.32. The number of allylic oxidation sites excluding steroid dienone is 3. The molecule has 1 N–H and O–H groups in total. The summed E-state index contributed by atoms with van der Waals surface area (Å²) in [5, 5.41) is 2.74. The fraction of sp³-hybridized carbons (Fsp3) is 0.235. The summed E-state index contributed by atoms with van der Waals surface area (Å²) in [6.45, 7) is 3.28. The van der Waals surface area contributed by atoms with Gasteiger partial charge in [-0.25, -0.2) is 4.79 Å². The number of rotatable bonds is 5. The Hall–Kier alpha value is -2.69. The van der Waals surface area contributed by atoms with Gasteiger partial charge in [-0.15, -0.1) is 0 Å². The number of hydrogen-bond acceptors (Lipinski definition) is 4. The second-order valence-corrected chi connectivity index (χ2v) is 4.93. The van der Waals surface area contributed by atoms with Crippen LogP contribution in [0, 0.1) is 0 Å². The predicted molar refractivity (Wildman–Crippen MR) is 82.7 cm³/mol. The maximum absolute atomic E-state index is 12.0. The Kier molecular flexibility index (Phi) is 4.88. The van der Waals surface area contributed by atoms with E-state index in [1.807, 2.05) is 6.92 Å². The minimum Gasteiger partial charge on any atom is -0.454 e. The zero-order valence-electron chi connectivity index (χ0n) is 12.5. The number of carbonyl (C=O) groups is 3. The first kappa shape index (κ1) is 15.7. The Morgan fingerprint density at radius 3 is 2.82 bits per heavy atom. The Bertz CT molecular complexity index is 673. The van der Waals surface area contributed by atoms with E-state index in [1.165, 1.54) is 6.08 Å². The molecule has 0 radical (unpaired) electrons. The van der Waals surface area contributed by atoms with Crippen molar-refractivity contribution in [1.29, 1.82) is 0 Å². The zero-order valence-corrected chi connectivity index (χ0v) is 12.5. The molecule has 0 fully saturated rings. The van der Waals surface area contributed by atoms with Crippen LogP contribution in [0.3, 0.4) is 0 Å². The third-order valence-corrected chi connectivity index (χ3v) is 3.37. The van der Waals surface area contributed by atoms with Gasteiger partial charge in [0.1, 0.15) is 0 Å². The molecule has 5 heteroatoms. The maximum atomic E-state index is 12.0. The van der Waals surface area contributed by atoms with Gasteiger partial charge in [-0.3, -0.25) is 9.59 Å². The number of hydrogen-bond donors (Lipinski definition) is 1. The van der Waals surface area contributed by atoms with Crippen LogP contribution < -0.4 is 5.32 Å². The molecule has 1 heterocycles. The summed E-state index contributed by atoms with van der Waals surface area (Å²) in [6, 6.07) is 4.98. The van der Waals surface area contributed by atoms with Crippen molar-refractivity contribution >= 4 is 23.3 Å². The van der Waals surface area contributed by atoms with E-state index in [0.717, 1.165) is 11.3 Å². The largest absolute Gasteiger partial charge is 0.454 e. The number of ether oxygens (including phenoxy) is 1. The molecule has 1 aliphatic heterocycles. The lowest BCUT2D eigenvalue weighted by Crippen LogP contribution is -2.12. The van der Waals surface area contributed by atoms with Gasteiger partial charge in [0, 0.05) is 17.3 Å². The number of fused-ring (bicyclic) bond motifs is 1. The first-order valence-corrected chi connectivity index (χ1v) is 6.97. The molecular weight excluding hydrogens is 282 g/mol. The average molecular weight is 299 g/mol. The number of benzene rings is 1. The minimum atomic E-state index is -0.571. The molecule has 5 nitrogen and oxygen atoms in total. The fourth-order valence-electron chi connectivity index (χ4n) is 2.10. The predicted octanol–water partition coefficient (Wildman–Crippen LogP) is 2.60. The van der Waals surface area contributed by atoms with Crippen LogP contribution in [0.1, 0.15) is 35.7 Å². The molecular formula is C17H17NO4. The lowest BCUT2D eigenvalue weighted by Gasteiger charge is -2.05. The highest BCUT2D eigenvalue weighted by Gasteiger charge is 2.27. The number of ketones is 1. The van der Waals surface area contributed by atoms with Crippen LogP contribution in [0.5, 0.6) is 0 Å². The quantitative estimate of drug-likeness (QED) is 0.392. The number of Topliss-reactive ketones (excluding diaryl/α,β-unsaturated/α-hetero) is 1. The normalized spacial score (nSPS) is 16.8. The summed E-state index contributed by atoms with van der Waals surface area (Å²) in [5.74, 6) is -1.24. The van der Waals surface area contributed by atoms with E-state index < -0.39 is 5.97 Å². The van der Waals surface area contributed by atoms with Crippen molar-refractivity contribution in [3.63, 3.8) is 0 Å². The standard InChI is InChI=1S/C17H17NO4/c1-3-4-5-6-16(20)22-10-15(19)12-7-8-14-13(9-12)11(2)17(21)18-14/h3-9,11H,10H2,1-2H3,(H,18,21)/b4-3+,6-5+/t11-/m0/s1. The molecule has 1 aromatic rings. The molecule has 1 aliphatic rings. The van der Waals surface area contributed by atoms with Crippen LogP contribution in [0.2, 0.25) is 0 Å². The van der Waals surface area contributed by atoms with Crippen molar-refractivity contribution in [3.8, 4) is 0 Å². The lowest BCUT2D eigenvalue weighted by atomic mass is 9.99. The maximum Gasteiger partial charge on any atom is 0.331 e. The van der Waals surface area contributed by atoms with E-state index in [-0.39, 0.29) is 24.2 Å². The Morgan fingerprint density at radius 2 is 2.09 bits per heavy atom. The summed E-state index contributed by atoms with van der Waals surface area (Å²) < 4.78 is 4.88. The van der Waals surface area contributed by atoms with Crippen LogP contribution >= 0.6 is 0 Å². The molecule has 1 amide bonds. The van der Waals surface area contributed by atoms with Crippen molar-refractivity contribution in [2.24, 2.45) is 0 Å². The zero-order chi connectivity index (χ0) is 16.1. The highest BCUT2D eigenvalue weighted by molar-refractivity contribution is 6.05. The lowest BCUT2D eigenvalue weighted by molar-refractivity contribution is -0.136. The summed E-state index contributed by atoms with van der Waals surface area (Å²) in [7, 11) is 0. The molecule has 0 aromatic heterocycles. The van der Waals surface area contributed by atoms with Gasteiger partial charge >= 0.3 is 5.97 Å². The van der Waals surface area contributed by atoms with E-state index in [0.29, 0.717) is 5.56 Å². The van der Waals surface area contributed by atoms with Gasteiger partial charge in [0.05, 0.1) is 5.92 Å². The highest BCUT2D eigenvalue weighted by atomic mass is 16.5. The van der Waals surface area contributed by atoms with Crippen molar-refractivity contribution in [3.05, 3.63) is 53.6 Å². The molecule has 0 aliphatic carbocycles. The van der Waals surface area contributed by atoms with Crippen LogP contribution in [0.4, 0.5) is 5.69 Å². The fourth-order valence-corrected chi connectivity index (χ4v) is 2.10. The van der Waals surface area contributed by atoms with Gasteiger partial charge < -0.3 is 10.1 Å². The van der Waals surface area contributed by atoms with E-state index in [4.69, 9.17) is 4.74 Å². The van der Waals surface area contributed by atoms with Crippen LogP contribution in [-0.2, 0) is 14.3 Å². The smallest absolute Gasteiger partial charge is 0.331 e. The van der Waals surface area contributed by atoms with Gasteiger partial charge in [0.25, 0.3) is 0 Å². The molecule has 22 heavy (non-hydrogen) atoms. The monoisotopic (exact) mass is 299 g/mol. The van der Waals surface area contributed by atoms with Crippen molar-refractivity contribution in [1.82, 2.24) is 0 Å². The SMILES string of the molecule is C/C=C/C=C/C(=O)OCC(=O)c1ccc2c(c1)[C@H](C)C(=O)N2. The first-order chi connectivity index (χ1) is 10.5. The third kappa shape index (κ3) is 3.49. The second-order valence-electron chi connectivity index (χ2n) is 4.93. The first-order valence-electron chi connectivity index (χ1n) is 6.97. The number of carbonyl (C=O) groups excluding carboxylic acids is 3. The van der Waals surface area contributed by atoms with Crippen LogP contribution in [0.15, 0.2) is 42.5 Å². The van der Waals surface area contributed by atoms with Crippen LogP contribution in [-0.4, -0.2) is 24.3 Å². The van der Waals surface area contributed by atoms with E-state index in [1.54, 1.807) is 43.4 Å². The third-order valence-electron chi connectivity index (χ3n) is 3.37. The molecule has 0 saturated carbocycles. The number of amides is 1. The number of nitrogens with one attached hydrogen (secondary N) is 1. The number of anilines is 1. The van der Waals surface area contributed by atoms with Crippen molar-refractivity contribution in [2.75, 3.05) is 11.9 Å². The van der Waals surface area contributed by atoms with Gasteiger partial charge in [-0.2, -0.15) is 0 Å². The van der Waals surface area contributed by atoms with Gasteiger partial charge in [-0.1, -0.05) is 18.2 Å². The van der Waals surface area contributed by atoms with E-state index >= 15 is 0 Å². The molecule has 0 spiro atoms. The molecule has 0 saturated heterocycles. The summed E-state index contributed by atoms with van der Waals surface area (Å²) >= 11 is 0. The van der Waals surface area contributed by atoms with Crippen molar-refractivity contribution < 1.29 is 19.1 Å². The van der Waals surface area contributed by atoms with Gasteiger partial charge in [-0.05, 0) is 37.6 Å². The number of esters is 1. The Morgan fingerprint density at radius 1 is 1.32 bits per heavy atom.